The summed E-state index contributed by atoms with van der Waals surface area (Å²) in [4.78, 5) is 11.7. The van der Waals surface area contributed by atoms with Gasteiger partial charge in [0, 0.05) is 11.9 Å². The zero-order valence-corrected chi connectivity index (χ0v) is 12.5. The second-order valence-corrected chi connectivity index (χ2v) is 5.25. The van der Waals surface area contributed by atoms with Gasteiger partial charge in [0.2, 0.25) is 0 Å². The average molecular weight is 367 g/mol. The van der Waals surface area contributed by atoms with Crippen LogP contribution in [-0.4, -0.2) is 17.8 Å². The van der Waals surface area contributed by atoms with Crippen molar-refractivity contribution in [3.05, 3.63) is 34.1 Å². The lowest BCUT2D eigenvalue weighted by atomic mass is 10.2. The highest BCUT2D eigenvalue weighted by Crippen LogP contribution is 2.18. The van der Waals surface area contributed by atoms with Crippen LogP contribution in [0.25, 0.3) is 0 Å². The largest absolute Gasteiger partial charge is 0.352 e. The number of benzene rings is 1. The normalized spacial score (nSPS) is 10.3. The Labute approximate surface area is 117 Å². The third-order valence-electron chi connectivity index (χ3n) is 2.29. The summed E-state index contributed by atoms with van der Waals surface area (Å²) in [5.41, 5.74) is 0.0832. The topological polar surface area (TPSA) is 29.1 Å². The van der Waals surface area contributed by atoms with Crippen molar-refractivity contribution in [1.29, 1.82) is 0 Å². The summed E-state index contributed by atoms with van der Waals surface area (Å²) >= 11 is 6.40. The molecule has 0 aliphatic carbocycles. The van der Waals surface area contributed by atoms with Crippen molar-refractivity contribution in [2.45, 2.75) is 19.3 Å². The molecule has 0 aliphatic rings. The minimum Gasteiger partial charge on any atom is -0.352 e. The van der Waals surface area contributed by atoms with Gasteiger partial charge in [-0.3, -0.25) is 4.79 Å². The van der Waals surface area contributed by atoms with Crippen LogP contribution in [0.2, 0.25) is 0 Å². The van der Waals surface area contributed by atoms with Crippen molar-refractivity contribution < 1.29 is 9.18 Å². The maximum Gasteiger partial charge on any atom is 0.254 e. The number of carbonyl (C=O) groups excluding carboxylic acids is 1. The Balaban J connectivity index is 2.44. The third kappa shape index (κ3) is 4.76. The monoisotopic (exact) mass is 365 g/mol. The van der Waals surface area contributed by atoms with Gasteiger partial charge in [-0.15, -0.1) is 0 Å². The van der Waals surface area contributed by atoms with Crippen molar-refractivity contribution in [2.24, 2.45) is 0 Å². The van der Waals surface area contributed by atoms with E-state index in [2.05, 4.69) is 37.2 Å². The first-order valence-electron chi connectivity index (χ1n) is 5.45. The molecule has 1 aromatic carbocycles. The standard InChI is InChI=1S/C12H14Br2FNO/c13-7-2-1-3-8-16-12(17)9-5-4-6-10(14)11(9)15/h4-6H,1-3,7-8H2,(H,16,17). The molecule has 0 spiro atoms. The van der Waals surface area contributed by atoms with Gasteiger partial charge in [0.25, 0.3) is 5.91 Å². The van der Waals surface area contributed by atoms with Crippen LogP contribution in [0.4, 0.5) is 4.39 Å². The van der Waals surface area contributed by atoms with E-state index in [0.29, 0.717) is 11.0 Å². The van der Waals surface area contributed by atoms with Crippen LogP contribution in [0.1, 0.15) is 29.6 Å². The number of halogens is 3. The van der Waals surface area contributed by atoms with Crippen molar-refractivity contribution in [1.82, 2.24) is 5.32 Å². The second-order valence-electron chi connectivity index (χ2n) is 3.61. The minimum absolute atomic E-state index is 0.0832. The highest BCUT2D eigenvalue weighted by Gasteiger charge is 2.12. The molecular weight excluding hydrogens is 353 g/mol. The lowest BCUT2D eigenvalue weighted by molar-refractivity contribution is 0.0949. The Morgan fingerprint density at radius 3 is 2.76 bits per heavy atom. The molecule has 1 amide bonds. The summed E-state index contributed by atoms with van der Waals surface area (Å²) in [5.74, 6) is -0.867. The molecule has 0 radical (unpaired) electrons. The smallest absolute Gasteiger partial charge is 0.254 e. The molecule has 0 atom stereocenters. The number of amides is 1. The van der Waals surface area contributed by atoms with Crippen LogP contribution in [0.3, 0.4) is 0 Å². The molecule has 0 aromatic heterocycles. The molecule has 5 heteroatoms. The van der Waals surface area contributed by atoms with E-state index in [0.717, 1.165) is 24.6 Å². The van der Waals surface area contributed by atoms with Gasteiger partial charge in [0.15, 0.2) is 0 Å². The maximum atomic E-state index is 13.6. The molecule has 0 saturated carbocycles. The van der Waals surface area contributed by atoms with Gasteiger partial charge in [-0.05, 0) is 40.9 Å². The molecule has 1 N–H and O–H groups in total. The zero-order chi connectivity index (χ0) is 12.7. The predicted molar refractivity (Wildman–Crippen MR) is 74.1 cm³/mol. The summed E-state index contributed by atoms with van der Waals surface area (Å²) < 4.78 is 13.9. The Hall–Kier alpha value is -0.420. The van der Waals surface area contributed by atoms with Crippen molar-refractivity contribution >= 4 is 37.8 Å². The molecular formula is C12H14Br2FNO. The number of hydrogen-bond donors (Lipinski definition) is 1. The molecule has 2 nitrogen and oxygen atoms in total. The first-order valence-corrected chi connectivity index (χ1v) is 7.36. The SMILES string of the molecule is O=C(NCCCCCBr)c1cccc(Br)c1F. The van der Waals surface area contributed by atoms with Crippen LogP contribution in [-0.2, 0) is 0 Å². The number of unbranched alkanes of at least 4 members (excludes halogenated alkanes) is 2. The van der Waals surface area contributed by atoms with E-state index in [4.69, 9.17) is 0 Å². The fourth-order valence-electron chi connectivity index (χ4n) is 1.37. The molecule has 0 aliphatic heterocycles. The summed E-state index contributed by atoms with van der Waals surface area (Å²) in [7, 11) is 0. The molecule has 0 unspecified atom stereocenters. The maximum absolute atomic E-state index is 13.6. The van der Waals surface area contributed by atoms with Crippen molar-refractivity contribution in [3.8, 4) is 0 Å². The number of carbonyl (C=O) groups is 1. The second kappa shape index (κ2) is 7.82. The summed E-state index contributed by atoms with van der Waals surface area (Å²) in [5, 5.41) is 3.68. The van der Waals surface area contributed by atoms with Crippen LogP contribution >= 0.6 is 31.9 Å². The van der Waals surface area contributed by atoms with Gasteiger partial charge in [-0.25, -0.2) is 4.39 Å². The van der Waals surface area contributed by atoms with E-state index >= 15 is 0 Å². The first-order chi connectivity index (χ1) is 8.16. The Kier molecular flexibility index (Phi) is 6.73. The van der Waals surface area contributed by atoms with Gasteiger partial charge in [-0.1, -0.05) is 28.4 Å². The fourth-order valence-corrected chi connectivity index (χ4v) is 2.14. The van der Waals surface area contributed by atoms with E-state index in [9.17, 15) is 9.18 Å². The molecule has 94 valence electrons. The van der Waals surface area contributed by atoms with Gasteiger partial charge in [-0.2, -0.15) is 0 Å². The molecule has 0 fully saturated rings. The number of alkyl halides is 1. The number of nitrogens with one attached hydrogen (secondary N) is 1. The minimum atomic E-state index is -0.509. The van der Waals surface area contributed by atoms with Gasteiger partial charge in [0.1, 0.15) is 5.82 Å². The van der Waals surface area contributed by atoms with Gasteiger partial charge >= 0.3 is 0 Å². The summed E-state index contributed by atoms with van der Waals surface area (Å²) in [6, 6.07) is 4.70. The molecule has 0 bridgehead atoms. The van der Waals surface area contributed by atoms with E-state index in [1.165, 1.54) is 6.07 Å². The van der Waals surface area contributed by atoms with E-state index < -0.39 is 5.82 Å². The highest BCUT2D eigenvalue weighted by molar-refractivity contribution is 9.10. The Morgan fingerprint density at radius 1 is 1.29 bits per heavy atom. The van der Waals surface area contributed by atoms with Crippen LogP contribution in [0.15, 0.2) is 22.7 Å². The third-order valence-corrected chi connectivity index (χ3v) is 3.47. The van der Waals surface area contributed by atoms with Crippen molar-refractivity contribution in [2.75, 3.05) is 11.9 Å². The van der Waals surface area contributed by atoms with E-state index in [-0.39, 0.29) is 11.5 Å². The molecule has 1 aromatic rings. The van der Waals surface area contributed by atoms with Crippen LogP contribution < -0.4 is 5.32 Å². The number of hydrogen-bond acceptors (Lipinski definition) is 1. The summed E-state index contributed by atoms with van der Waals surface area (Å²) in [6.07, 6.45) is 3.04. The molecule has 1 rings (SSSR count). The lowest BCUT2D eigenvalue weighted by Crippen LogP contribution is -2.25. The predicted octanol–water partition coefficient (Wildman–Crippen LogP) is 3.88. The van der Waals surface area contributed by atoms with E-state index in [1.54, 1.807) is 12.1 Å². The fraction of sp³-hybridized carbons (Fsp3) is 0.417. The average Bonchev–Trinajstić information content (AvgIpc) is 2.32. The Bertz CT molecular complexity index is 385. The zero-order valence-electron chi connectivity index (χ0n) is 9.31. The Morgan fingerprint density at radius 2 is 2.06 bits per heavy atom. The van der Waals surface area contributed by atoms with Crippen LogP contribution in [0, 0.1) is 5.82 Å². The quantitative estimate of drug-likeness (QED) is 0.600. The van der Waals surface area contributed by atoms with Crippen molar-refractivity contribution in [3.63, 3.8) is 0 Å². The molecule has 0 heterocycles. The van der Waals surface area contributed by atoms with Crippen LogP contribution in [0.5, 0.6) is 0 Å². The van der Waals surface area contributed by atoms with Gasteiger partial charge in [0.05, 0.1) is 10.0 Å². The van der Waals surface area contributed by atoms with Gasteiger partial charge < -0.3 is 5.32 Å². The molecule has 17 heavy (non-hydrogen) atoms. The summed E-state index contributed by atoms with van der Waals surface area (Å²) in [6.45, 7) is 0.581. The first kappa shape index (κ1) is 14.6. The lowest BCUT2D eigenvalue weighted by Gasteiger charge is -2.06. The molecule has 0 saturated heterocycles. The van der Waals surface area contributed by atoms with E-state index in [1.807, 2.05) is 0 Å². The highest BCUT2D eigenvalue weighted by atomic mass is 79.9. The number of rotatable bonds is 6.